The number of hydrogen-bond donors (Lipinski definition) is 2. The Morgan fingerprint density at radius 2 is 2.10 bits per heavy atom. The highest BCUT2D eigenvalue weighted by molar-refractivity contribution is 5.91. The fourth-order valence-corrected chi connectivity index (χ4v) is 3.98. The van der Waals surface area contributed by atoms with Crippen molar-refractivity contribution in [3.63, 3.8) is 0 Å². The lowest BCUT2D eigenvalue weighted by Gasteiger charge is -2.30. The van der Waals surface area contributed by atoms with Crippen LogP contribution in [0.2, 0.25) is 0 Å². The van der Waals surface area contributed by atoms with Gasteiger partial charge in [-0.05, 0) is 48.9 Å². The van der Waals surface area contributed by atoms with Crippen LogP contribution >= 0.6 is 0 Å². The van der Waals surface area contributed by atoms with Crippen LogP contribution in [0, 0.1) is 11.8 Å². The predicted molar refractivity (Wildman–Crippen MR) is 113 cm³/mol. The first-order valence-electron chi connectivity index (χ1n) is 10.4. The molecule has 4 rings (SSSR count). The molecule has 1 saturated carbocycles. The second kappa shape index (κ2) is 8.03. The third-order valence-electron chi connectivity index (χ3n) is 5.35. The van der Waals surface area contributed by atoms with Gasteiger partial charge in [-0.1, -0.05) is 13.8 Å². The number of nitrogens with one attached hydrogen (secondary N) is 1. The van der Waals surface area contributed by atoms with Crippen LogP contribution in [0.4, 0.5) is 5.82 Å². The predicted octanol–water partition coefficient (Wildman–Crippen LogP) is 4.30. The van der Waals surface area contributed by atoms with E-state index < -0.39 is 0 Å². The van der Waals surface area contributed by atoms with Gasteiger partial charge in [0.05, 0.1) is 0 Å². The maximum absolute atomic E-state index is 11.7. The lowest BCUT2D eigenvalue weighted by molar-refractivity contribution is -0.114. The van der Waals surface area contributed by atoms with E-state index in [2.05, 4.69) is 24.1 Å². The average Bonchev–Trinajstić information content (AvgIpc) is 3.50. The summed E-state index contributed by atoms with van der Waals surface area (Å²) >= 11 is 0. The SMILES string of the molecule is CC(=O)Nc1nccc2c1C(C1CC1)Oc1cc(OCC(N)CC(C)C)ccc1-2. The van der Waals surface area contributed by atoms with Crippen molar-refractivity contribution in [3.8, 4) is 22.6 Å². The first-order chi connectivity index (χ1) is 13.9. The minimum Gasteiger partial charge on any atom is -0.492 e. The molecule has 1 aromatic carbocycles. The monoisotopic (exact) mass is 395 g/mol. The van der Waals surface area contributed by atoms with Crippen LogP contribution in [0.1, 0.15) is 51.7 Å². The van der Waals surface area contributed by atoms with Crippen molar-refractivity contribution < 1.29 is 14.3 Å². The lowest BCUT2D eigenvalue weighted by Crippen LogP contribution is -2.29. The zero-order valence-corrected chi connectivity index (χ0v) is 17.3. The fourth-order valence-electron chi connectivity index (χ4n) is 3.98. The first kappa shape index (κ1) is 19.7. The smallest absolute Gasteiger partial charge is 0.222 e. The number of nitrogens with zero attached hydrogens (tertiary/aromatic N) is 1. The maximum atomic E-state index is 11.7. The molecule has 2 heterocycles. The van der Waals surface area contributed by atoms with E-state index >= 15 is 0 Å². The molecule has 6 nitrogen and oxygen atoms in total. The van der Waals surface area contributed by atoms with Gasteiger partial charge in [0.2, 0.25) is 5.91 Å². The molecule has 2 aliphatic rings. The Bertz CT molecular complexity index is 908. The Morgan fingerprint density at radius 1 is 1.31 bits per heavy atom. The molecular weight excluding hydrogens is 366 g/mol. The molecule has 1 aliphatic carbocycles. The highest BCUT2D eigenvalue weighted by atomic mass is 16.5. The molecule has 29 heavy (non-hydrogen) atoms. The second-order valence-electron chi connectivity index (χ2n) is 8.54. The lowest BCUT2D eigenvalue weighted by atomic mass is 9.91. The van der Waals surface area contributed by atoms with Crippen molar-refractivity contribution in [2.45, 2.75) is 52.2 Å². The molecular formula is C23H29N3O3. The minimum absolute atomic E-state index is 0.0122. The van der Waals surface area contributed by atoms with Gasteiger partial charge in [-0.3, -0.25) is 4.79 Å². The summed E-state index contributed by atoms with van der Waals surface area (Å²) in [6, 6.07) is 7.92. The van der Waals surface area contributed by atoms with Crippen molar-refractivity contribution >= 4 is 11.7 Å². The van der Waals surface area contributed by atoms with E-state index in [4.69, 9.17) is 15.2 Å². The molecule has 6 heteroatoms. The number of nitrogens with two attached hydrogens (primary N) is 1. The zero-order valence-electron chi connectivity index (χ0n) is 17.3. The van der Waals surface area contributed by atoms with E-state index in [-0.39, 0.29) is 18.1 Å². The fraction of sp³-hybridized carbons (Fsp3) is 0.478. The van der Waals surface area contributed by atoms with Gasteiger partial charge in [0.1, 0.15) is 30.0 Å². The summed E-state index contributed by atoms with van der Waals surface area (Å²) in [6.45, 7) is 6.30. The van der Waals surface area contributed by atoms with E-state index in [1.165, 1.54) is 6.92 Å². The van der Waals surface area contributed by atoms with Gasteiger partial charge in [-0.2, -0.15) is 0 Å². The van der Waals surface area contributed by atoms with Crippen LogP contribution in [0.25, 0.3) is 11.1 Å². The highest BCUT2D eigenvalue weighted by Crippen LogP contribution is 2.53. The summed E-state index contributed by atoms with van der Waals surface area (Å²) in [6.07, 6.45) is 4.80. The van der Waals surface area contributed by atoms with Crippen molar-refractivity contribution in [2.24, 2.45) is 17.6 Å². The van der Waals surface area contributed by atoms with E-state index in [9.17, 15) is 4.79 Å². The zero-order chi connectivity index (χ0) is 20.5. The summed E-state index contributed by atoms with van der Waals surface area (Å²) in [7, 11) is 0. The number of rotatable bonds is 7. The summed E-state index contributed by atoms with van der Waals surface area (Å²) in [5.74, 6) is 3.02. The number of pyridine rings is 1. The first-order valence-corrected chi connectivity index (χ1v) is 10.4. The molecule has 2 unspecified atom stereocenters. The molecule has 0 bridgehead atoms. The standard InChI is InChI=1S/C23H29N3O3/c1-13(2)10-16(24)12-28-17-6-7-18-19-8-9-25-23(26-14(3)27)21(19)22(15-4-5-15)29-20(18)11-17/h6-9,11,13,15-16,22H,4-5,10,12,24H2,1-3H3,(H,25,26,27). The second-order valence-corrected chi connectivity index (χ2v) is 8.54. The number of fused-ring (bicyclic) bond motifs is 3. The van der Waals surface area contributed by atoms with Crippen LogP contribution in [-0.4, -0.2) is 23.5 Å². The van der Waals surface area contributed by atoms with E-state index in [0.717, 1.165) is 47.5 Å². The van der Waals surface area contributed by atoms with Gasteiger partial charge < -0.3 is 20.5 Å². The Kier molecular flexibility index (Phi) is 5.46. The molecule has 1 amide bonds. The van der Waals surface area contributed by atoms with Crippen molar-refractivity contribution in [3.05, 3.63) is 36.0 Å². The number of benzene rings is 1. The number of ether oxygens (including phenoxy) is 2. The molecule has 154 valence electrons. The van der Waals surface area contributed by atoms with Crippen LogP contribution < -0.4 is 20.5 Å². The van der Waals surface area contributed by atoms with Crippen LogP contribution in [0.5, 0.6) is 11.5 Å². The molecule has 1 aromatic heterocycles. The normalized spacial score (nSPS) is 18.4. The number of carbonyl (C=O) groups excluding carboxylic acids is 1. The molecule has 0 radical (unpaired) electrons. The number of amides is 1. The topological polar surface area (TPSA) is 86.5 Å². The Hall–Kier alpha value is -2.60. The molecule has 0 saturated heterocycles. The van der Waals surface area contributed by atoms with Crippen LogP contribution in [0.3, 0.4) is 0 Å². The van der Waals surface area contributed by atoms with E-state index in [1.54, 1.807) is 6.20 Å². The molecule has 1 fully saturated rings. The molecule has 0 spiro atoms. The Morgan fingerprint density at radius 3 is 2.79 bits per heavy atom. The largest absolute Gasteiger partial charge is 0.492 e. The van der Waals surface area contributed by atoms with Gasteiger partial charge >= 0.3 is 0 Å². The quantitative estimate of drug-likeness (QED) is 0.730. The minimum atomic E-state index is -0.132. The molecule has 1 aliphatic heterocycles. The summed E-state index contributed by atoms with van der Waals surface area (Å²) in [5.41, 5.74) is 9.18. The van der Waals surface area contributed by atoms with Crippen LogP contribution in [-0.2, 0) is 4.79 Å². The van der Waals surface area contributed by atoms with Gasteiger partial charge in [0.15, 0.2) is 0 Å². The summed E-state index contributed by atoms with van der Waals surface area (Å²) in [4.78, 5) is 16.1. The summed E-state index contributed by atoms with van der Waals surface area (Å²) in [5, 5.41) is 2.87. The van der Waals surface area contributed by atoms with Crippen molar-refractivity contribution in [2.75, 3.05) is 11.9 Å². The van der Waals surface area contributed by atoms with E-state index in [0.29, 0.717) is 24.3 Å². The van der Waals surface area contributed by atoms with Gasteiger partial charge in [-0.15, -0.1) is 0 Å². The Labute approximate surface area is 171 Å². The summed E-state index contributed by atoms with van der Waals surface area (Å²) < 4.78 is 12.4. The van der Waals surface area contributed by atoms with Crippen molar-refractivity contribution in [1.82, 2.24) is 4.98 Å². The number of carbonyl (C=O) groups is 1. The molecule has 2 atom stereocenters. The molecule has 2 aromatic rings. The van der Waals surface area contributed by atoms with Gasteiger partial charge in [-0.25, -0.2) is 4.98 Å². The van der Waals surface area contributed by atoms with Crippen molar-refractivity contribution in [1.29, 1.82) is 0 Å². The molecule has 3 N–H and O–H groups in total. The highest BCUT2D eigenvalue weighted by Gasteiger charge is 2.40. The third kappa shape index (κ3) is 4.37. The average molecular weight is 396 g/mol. The van der Waals surface area contributed by atoms with Crippen LogP contribution in [0.15, 0.2) is 30.5 Å². The van der Waals surface area contributed by atoms with Gasteiger partial charge in [0.25, 0.3) is 0 Å². The number of anilines is 1. The third-order valence-corrected chi connectivity index (χ3v) is 5.35. The number of aromatic nitrogens is 1. The van der Waals surface area contributed by atoms with E-state index in [1.807, 2.05) is 24.3 Å². The van der Waals surface area contributed by atoms with Gasteiger partial charge in [0, 0.05) is 42.3 Å². The maximum Gasteiger partial charge on any atom is 0.222 e. The Balaban J connectivity index is 1.63. The number of hydrogen-bond acceptors (Lipinski definition) is 5.